The number of nitrogens with one attached hydrogen (secondary N) is 1. The summed E-state index contributed by atoms with van der Waals surface area (Å²) in [7, 11) is 0. The SMILES string of the molecule is CCCC(CC)Nc1cscc1C. The van der Waals surface area contributed by atoms with Gasteiger partial charge in [0.25, 0.3) is 0 Å². The topological polar surface area (TPSA) is 12.0 Å². The Balaban J connectivity index is 2.51. The fraction of sp³-hybridized carbons (Fsp3) is 0.636. The Kier molecular flexibility index (Phi) is 4.29. The molecular weight excluding hydrogens is 178 g/mol. The summed E-state index contributed by atoms with van der Waals surface area (Å²) in [6, 6.07) is 0.651. The number of rotatable bonds is 5. The third-order valence-corrected chi connectivity index (χ3v) is 3.21. The Morgan fingerprint density at radius 2 is 2.15 bits per heavy atom. The predicted octanol–water partition coefficient (Wildman–Crippen LogP) is 4.05. The second-order valence-electron chi connectivity index (χ2n) is 3.51. The predicted molar refractivity (Wildman–Crippen MR) is 61.7 cm³/mol. The molecule has 0 fully saturated rings. The minimum Gasteiger partial charge on any atom is -0.381 e. The molecular formula is C11H19NS. The first-order valence-electron chi connectivity index (χ1n) is 5.07. The van der Waals surface area contributed by atoms with E-state index in [0.717, 1.165) is 0 Å². The molecule has 2 heteroatoms. The van der Waals surface area contributed by atoms with Gasteiger partial charge in [-0.3, -0.25) is 0 Å². The number of hydrogen-bond acceptors (Lipinski definition) is 2. The summed E-state index contributed by atoms with van der Waals surface area (Å²) in [4.78, 5) is 0. The summed E-state index contributed by atoms with van der Waals surface area (Å²) in [6.07, 6.45) is 3.74. The first kappa shape index (κ1) is 10.6. The van der Waals surface area contributed by atoms with Crippen LogP contribution in [0.3, 0.4) is 0 Å². The lowest BCUT2D eigenvalue weighted by Crippen LogP contribution is -2.17. The van der Waals surface area contributed by atoms with Crippen LogP contribution in [0.25, 0.3) is 0 Å². The monoisotopic (exact) mass is 197 g/mol. The molecule has 0 saturated heterocycles. The maximum atomic E-state index is 3.59. The van der Waals surface area contributed by atoms with Crippen molar-refractivity contribution in [3.63, 3.8) is 0 Å². The van der Waals surface area contributed by atoms with Gasteiger partial charge < -0.3 is 5.32 Å². The van der Waals surface area contributed by atoms with Crippen LogP contribution in [0.2, 0.25) is 0 Å². The first-order chi connectivity index (χ1) is 6.27. The maximum absolute atomic E-state index is 3.59. The van der Waals surface area contributed by atoms with Crippen LogP contribution in [0.15, 0.2) is 10.8 Å². The van der Waals surface area contributed by atoms with Gasteiger partial charge in [0, 0.05) is 17.1 Å². The summed E-state index contributed by atoms with van der Waals surface area (Å²) in [5, 5.41) is 7.99. The zero-order valence-corrected chi connectivity index (χ0v) is 9.58. The van der Waals surface area contributed by atoms with Crippen LogP contribution in [0, 0.1) is 6.92 Å². The summed E-state index contributed by atoms with van der Waals surface area (Å²) < 4.78 is 0. The number of anilines is 1. The van der Waals surface area contributed by atoms with E-state index in [1.807, 2.05) is 0 Å². The van der Waals surface area contributed by atoms with E-state index in [9.17, 15) is 0 Å². The summed E-state index contributed by atoms with van der Waals surface area (Å²) >= 11 is 1.77. The molecule has 0 spiro atoms. The van der Waals surface area contributed by atoms with Crippen LogP contribution in [-0.4, -0.2) is 6.04 Å². The normalized spacial score (nSPS) is 12.8. The van der Waals surface area contributed by atoms with Gasteiger partial charge in [0.1, 0.15) is 0 Å². The van der Waals surface area contributed by atoms with Crippen molar-refractivity contribution in [2.24, 2.45) is 0 Å². The average Bonchev–Trinajstić information content (AvgIpc) is 2.51. The van der Waals surface area contributed by atoms with Crippen LogP contribution < -0.4 is 5.32 Å². The van der Waals surface area contributed by atoms with Gasteiger partial charge in [0.2, 0.25) is 0 Å². The molecule has 1 atom stereocenters. The van der Waals surface area contributed by atoms with E-state index in [2.05, 4.69) is 36.8 Å². The molecule has 0 aliphatic heterocycles. The van der Waals surface area contributed by atoms with Crippen LogP contribution >= 0.6 is 11.3 Å². The van der Waals surface area contributed by atoms with Gasteiger partial charge in [0.05, 0.1) is 0 Å². The van der Waals surface area contributed by atoms with Crippen LogP contribution in [0.1, 0.15) is 38.7 Å². The Morgan fingerprint density at radius 3 is 2.62 bits per heavy atom. The molecule has 0 radical (unpaired) electrons. The number of aryl methyl sites for hydroxylation is 1. The second kappa shape index (κ2) is 5.28. The van der Waals surface area contributed by atoms with E-state index in [1.54, 1.807) is 11.3 Å². The van der Waals surface area contributed by atoms with Crippen molar-refractivity contribution in [3.05, 3.63) is 16.3 Å². The lowest BCUT2D eigenvalue weighted by Gasteiger charge is -2.16. The van der Waals surface area contributed by atoms with Crippen LogP contribution in [-0.2, 0) is 0 Å². The zero-order valence-electron chi connectivity index (χ0n) is 8.76. The third kappa shape index (κ3) is 3.03. The minimum absolute atomic E-state index is 0.651. The van der Waals surface area contributed by atoms with E-state index < -0.39 is 0 Å². The van der Waals surface area contributed by atoms with Crippen molar-refractivity contribution >= 4 is 17.0 Å². The molecule has 1 aromatic rings. The highest BCUT2D eigenvalue weighted by Crippen LogP contribution is 2.21. The van der Waals surface area contributed by atoms with Crippen molar-refractivity contribution in [1.29, 1.82) is 0 Å². The zero-order chi connectivity index (χ0) is 9.68. The maximum Gasteiger partial charge on any atom is 0.0480 e. The summed E-state index contributed by atoms with van der Waals surface area (Å²) in [6.45, 7) is 6.65. The van der Waals surface area contributed by atoms with Gasteiger partial charge in [-0.25, -0.2) is 0 Å². The molecule has 74 valence electrons. The molecule has 0 saturated carbocycles. The lowest BCUT2D eigenvalue weighted by molar-refractivity contribution is 0.622. The average molecular weight is 197 g/mol. The lowest BCUT2D eigenvalue weighted by atomic mass is 10.1. The summed E-state index contributed by atoms with van der Waals surface area (Å²) in [5.74, 6) is 0. The van der Waals surface area contributed by atoms with E-state index in [0.29, 0.717) is 6.04 Å². The Morgan fingerprint density at radius 1 is 1.38 bits per heavy atom. The van der Waals surface area contributed by atoms with Crippen molar-refractivity contribution < 1.29 is 0 Å². The van der Waals surface area contributed by atoms with E-state index in [-0.39, 0.29) is 0 Å². The van der Waals surface area contributed by atoms with Gasteiger partial charge in [-0.2, -0.15) is 0 Å². The minimum atomic E-state index is 0.651. The highest BCUT2D eigenvalue weighted by Gasteiger charge is 2.06. The molecule has 1 unspecified atom stereocenters. The second-order valence-corrected chi connectivity index (χ2v) is 4.25. The van der Waals surface area contributed by atoms with Crippen molar-refractivity contribution in [1.82, 2.24) is 0 Å². The molecule has 1 nitrogen and oxygen atoms in total. The molecule has 0 aromatic carbocycles. The molecule has 1 N–H and O–H groups in total. The third-order valence-electron chi connectivity index (χ3n) is 2.35. The van der Waals surface area contributed by atoms with Gasteiger partial charge in [-0.05, 0) is 30.7 Å². The fourth-order valence-electron chi connectivity index (χ4n) is 1.46. The Bertz CT molecular complexity index is 242. The summed E-state index contributed by atoms with van der Waals surface area (Å²) in [5.41, 5.74) is 2.70. The Hall–Kier alpha value is -0.500. The first-order valence-corrected chi connectivity index (χ1v) is 6.01. The molecule has 13 heavy (non-hydrogen) atoms. The largest absolute Gasteiger partial charge is 0.381 e. The van der Waals surface area contributed by atoms with Gasteiger partial charge in [-0.15, -0.1) is 11.3 Å². The van der Waals surface area contributed by atoms with E-state index >= 15 is 0 Å². The molecule has 0 aliphatic rings. The molecule has 0 bridgehead atoms. The van der Waals surface area contributed by atoms with Gasteiger partial charge >= 0.3 is 0 Å². The molecule has 0 amide bonds. The van der Waals surface area contributed by atoms with Gasteiger partial charge in [0.15, 0.2) is 0 Å². The number of thiophene rings is 1. The van der Waals surface area contributed by atoms with Gasteiger partial charge in [-0.1, -0.05) is 20.3 Å². The molecule has 1 rings (SSSR count). The highest BCUT2D eigenvalue weighted by molar-refractivity contribution is 7.08. The number of hydrogen-bond donors (Lipinski definition) is 1. The Labute approximate surface area is 85.2 Å². The van der Waals surface area contributed by atoms with Crippen LogP contribution in [0.5, 0.6) is 0 Å². The van der Waals surface area contributed by atoms with Crippen molar-refractivity contribution in [2.45, 2.75) is 46.1 Å². The quantitative estimate of drug-likeness (QED) is 0.751. The van der Waals surface area contributed by atoms with E-state index in [1.165, 1.54) is 30.5 Å². The molecule has 1 heterocycles. The standard InChI is InChI=1S/C11H19NS/c1-4-6-10(5-2)12-11-8-13-7-9(11)3/h7-8,10,12H,4-6H2,1-3H3. The van der Waals surface area contributed by atoms with E-state index in [4.69, 9.17) is 0 Å². The van der Waals surface area contributed by atoms with Crippen molar-refractivity contribution in [3.8, 4) is 0 Å². The van der Waals surface area contributed by atoms with Crippen molar-refractivity contribution in [2.75, 3.05) is 5.32 Å². The fourth-order valence-corrected chi connectivity index (χ4v) is 2.24. The van der Waals surface area contributed by atoms with Crippen LogP contribution in [0.4, 0.5) is 5.69 Å². The smallest absolute Gasteiger partial charge is 0.0480 e. The molecule has 0 aliphatic carbocycles. The highest BCUT2D eigenvalue weighted by atomic mass is 32.1. The molecule has 1 aromatic heterocycles.